The number of rotatable bonds is 3. The molecule has 2 heteroatoms. The third kappa shape index (κ3) is 4.74. The molecule has 0 saturated carbocycles. The summed E-state index contributed by atoms with van der Waals surface area (Å²) >= 11 is 0. The van der Waals surface area contributed by atoms with Crippen LogP contribution in [0.25, 0.3) is 114 Å². The van der Waals surface area contributed by atoms with E-state index in [0.717, 1.165) is 44.2 Å². The van der Waals surface area contributed by atoms with Crippen molar-refractivity contribution in [1.82, 2.24) is 4.57 Å². The molecule has 0 amide bonds. The molecule has 2 nitrogen and oxygen atoms in total. The lowest BCUT2D eigenvalue weighted by molar-refractivity contribution is 1.06. The summed E-state index contributed by atoms with van der Waals surface area (Å²) in [7, 11) is 0. The molecule has 1 heterocycles. The fraction of sp³-hybridized carbons (Fsp3) is 0. The van der Waals surface area contributed by atoms with Gasteiger partial charge in [0.1, 0.15) is 0 Å². The van der Waals surface area contributed by atoms with Crippen molar-refractivity contribution < 1.29 is 0 Å². The van der Waals surface area contributed by atoms with Crippen molar-refractivity contribution in [1.29, 1.82) is 0 Å². The largest absolute Gasteiger partial charge is 0.276 e. The molecule has 0 aliphatic rings. The van der Waals surface area contributed by atoms with Crippen molar-refractivity contribution in [2.45, 2.75) is 0 Å². The molecule has 0 unspecified atom stereocenters. The van der Waals surface area contributed by atoms with Crippen LogP contribution >= 0.6 is 0 Å². The molecule has 0 fully saturated rings. The quantitative estimate of drug-likeness (QED) is 0.166. The molecule has 12 aromatic rings. The van der Waals surface area contributed by atoms with E-state index in [1.165, 1.54) is 64.6 Å². The van der Waals surface area contributed by atoms with Gasteiger partial charge in [-0.3, -0.25) is 9.36 Å². The lowest BCUT2D eigenvalue weighted by Crippen LogP contribution is -2.19. The molecular formula is C55H33NO. The standard InChI is InChI=1S/C55H33NO/c57-55-53-32-36(34-22-26-47-43-18-6-4-14-39(43)41-16-8-10-20-45(41)51(47)30-34)24-28-49(53)50-29-25-37(33-54(50)56(55)38-12-2-1-3-13-38)35-23-27-48-44-19-7-5-15-40(44)42-17-9-11-21-46(42)52(48)31-35/h1-33H. The van der Waals surface area contributed by atoms with E-state index in [-0.39, 0.29) is 5.56 Å². The van der Waals surface area contributed by atoms with E-state index in [1.54, 1.807) is 0 Å². The summed E-state index contributed by atoms with van der Waals surface area (Å²) in [5.74, 6) is 0. The number of para-hydroxylation sites is 1. The van der Waals surface area contributed by atoms with E-state index >= 15 is 0 Å². The van der Waals surface area contributed by atoms with Crippen LogP contribution in [0.2, 0.25) is 0 Å². The number of pyridine rings is 1. The van der Waals surface area contributed by atoms with Crippen molar-refractivity contribution in [3.8, 4) is 27.9 Å². The predicted molar refractivity (Wildman–Crippen MR) is 243 cm³/mol. The summed E-state index contributed by atoms with van der Waals surface area (Å²) in [5.41, 5.74) is 5.98. The van der Waals surface area contributed by atoms with E-state index in [4.69, 9.17) is 0 Å². The first-order valence-corrected chi connectivity index (χ1v) is 19.5. The second kappa shape index (κ2) is 12.2. The minimum Gasteiger partial charge on any atom is -0.276 e. The van der Waals surface area contributed by atoms with Crippen molar-refractivity contribution in [3.63, 3.8) is 0 Å². The molecular weight excluding hydrogens is 691 g/mol. The van der Waals surface area contributed by atoms with Gasteiger partial charge in [-0.15, -0.1) is 0 Å². The van der Waals surface area contributed by atoms with Crippen molar-refractivity contribution >= 4 is 86.3 Å². The molecule has 0 N–H and O–H groups in total. The van der Waals surface area contributed by atoms with Gasteiger partial charge >= 0.3 is 0 Å². The molecule has 12 rings (SSSR count). The lowest BCUT2D eigenvalue weighted by Gasteiger charge is -2.16. The van der Waals surface area contributed by atoms with Gasteiger partial charge in [-0.1, -0.05) is 164 Å². The van der Waals surface area contributed by atoms with Crippen LogP contribution in [0.1, 0.15) is 0 Å². The van der Waals surface area contributed by atoms with Gasteiger partial charge in [0.15, 0.2) is 0 Å². The van der Waals surface area contributed by atoms with Gasteiger partial charge in [-0.25, -0.2) is 0 Å². The SMILES string of the molecule is O=c1c2cc(-c3ccc4c5ccccc5c5ccccc5c4c3)ccc2c2ccc(-c3ccc4c5ccccc5c5ccccc5c4c3)cc2n1-c1ccccc1. The summed E-state index contributed by atoms with van der Waals surface area (Å²) in [4.78, 5) is 14.9. The molecule has 0 saturated heterocycles. The minimum atomic E-state index is -0.0316. The van der Waals surface area contributed by atoms with Crippen LogP contribution in [0.5, 0.6) is 0 Å². The molecule has 0 atom stereocenters. The highest BCUT2D eigenvalue weighted by molar-refractivity contribution is 6.27. The monoisotopic (exact) mass is 723 g/mol. The van der Waals surface area contributed by atoms with E-state index in [2.05, 4.69) is 170 Å². The van der Waals surface area contributed by atoms with E-state index in [0.29, 0.717) is 5.39 Å². The van der Waals surface area contributed by atoms with Crippen molar-refractivity contribution in [2.75, 3.05) is 0 Å². The number of hydrogen-bond acceptors (Lipinski definition) is 1. The highest BCUT2D eigenvalue weighted by atomic mass is 16.1. The van der Waals surface area contributed by atoms with Gasteiger partial charge in [0.2, 0.25) is 0 Å². The zero-order chi connectivity index (χ0) is 37.6. The smallest absolute Gasteiger partial charge is 0.263 e. The van der Waals surface area contributed by atoms with Crippen LogP contribution in [-0.2, 0) is 0 Å². The highest BCUT2D eigenvalue weighted by Gasteiger charge is 2.17. The Bertz CT molecular complexity index is 3640. The number of nitrogens with zero attached hydrogens (tertiary/aromatic N) is 1. The Hall–Kier alpha value is -7.55. The van der Waals surface area contributed by atoms with Crippen LogP contribution in [0.15, 0.2) is 205 Å². The maximum absolute atomic E-state index is 14.9. The maximum Gasteiger partial charge on any atom is 0.263 e. The first-order chi connectivity index (χ1) is 28.2. The lowest BCUT2D eigenvalue weighted by atomic mass is 9.91. The Morgan fingerprint density at radius 3 is 0.965 bits per heavy atom. The van der Waals surface area contributed by atoms with Gasteiger partial charge < -0.3 is 0 Å². The summed E-state index contributed by atoms with van der Waals surface area (Å²) < 4.78 is 1.90. The average molecular weight is 724 g/mol. The molecule has 0 aliphatic carbocycles. The predicted octanol–water partition coefficient (Wildman–Crippen LogP) is 14.4. The molecule has 11 aromatic carbocycles. The maximum atomic E-state index is 14.9. The molecule has 57 heavy (non-hydrogen) atoms. The Morgan fingerprint density at radius 1 is 0.246 bits per heavy atom. The van der Waals surface area contributed by atoms with Gasteiger partial charge in [-0.2, -0.15) is 0 Å². The minimum absolute atomic E-state index is 0.0316. The topological polar surface area (TPSA) is 22.0 Å². The van der Waals surface area contributed by atoms with E-state index in [9.17, 15) is 4.79 Å². The Labute approximate surface area is 328 Å². The van der Waals surface area contributed by atoms with Crippen molar-refractivity contribution in [3.05, 3.63) is 211 Å². The van der Waals surface area contributed by atoms with Crippen LogP contribution in [0.4, 0.5) is 0 Å². The van der Waals surface area contributed by atoms with Gasteiger partial charge in [0, 0.05) is 16.5 Å². The first-order valence-electron chi connectivity index (χ1n) is 19.5. The highest BCUT2D eigenvalue weighted by Crippen LogP contribution is 2.40. The second-order valence-corrected chi connectivity index (χ2v) is 15.2. The van der Waals surface area contributed by atoms with E-state index < -0.39 is 0 Å². The fourth-order valence-electron chi connectivity index (χ4n) is 9.50. The Morgan fingerprint density at radius 2 is 0.544 bits per heavy atom. The molecule has 1 aromatic heterocycles. The number of fused-ring (bicyclic) bond motifs is 15. The Balaban J connectivity index is 1.07. The first kappa shape index (κ1) is 31.8. The number of benzene rings is 11. The summed E-state index contributed by atoms with van der Waals surface area (Å²) in [5, 5.41) is 17.6. The molecule has 0 aliphatic heterocycles. The zero-order valence-corrected chi connectivity index (χ0v) is 30.9. The van der Waals surface area contributed by atoms with Crippen molar-refractivity contribution in [2.24, 2.45) is 0 Å². The Kier molecular flexibility index (Phi) is 6.81. The number of aromatic nitrogens is 1. The molecule has 0 bridgehead atoms. The van der Waals surface area contributed by atoms with Crippen LogP contribution in [-0.4, -0.2) is 4.57 Å². The van der Waals surface area contributed by atoms with E-state index in [1.807, 2.05) is 34.9 Å². The van der Waals surface area contributed by atoms with Crippen LogP contribution in [0.3, 0.4) is 0 Å². The fourth-order valence-corrected chi connectivity index (χ4v) is 9.50. The van der Waals surface area contributed by atoms with Crippen LogP contribution < -0.4 is 5.56 Å². The summed E-state index contributed by atoms with van der Waals surface area (Å²) in [6.07, 6.45) is 0. The van der Waals surface area contributed by atoms with Crippen LogP contribution in [0, 0.1) is 0 Å². The molecule has 0 spiro atoms. The second-order valence-electron chi connectivity index (χ2n) is 15.2. The van der Waals surface area contributed by atoms with Gasteiger partial charge in [0.05, 0.1) is 5.52 Å². The van der Waals surface area contributed by atoms with Gasteiger partial charge in [-0.05, 0) is 129 Å². The normalized spacial score (nSPS) is 11.9. The van der Waals surface area contributed by atoms with Gasteiger partial charge in [0.25, 0.3) is 5.56 Å². The molecule has 264 valence electrons. The summed E-state index contributed by atoms with van der Waals surface area (Å²) in [6, 6.07) is 71.3. The third-order valence-corrected chi connectivity index (χ3v) is 12.2. The average Bonchev–Trinajstić information content (AvgIpc) is 3.29. The molecule has 0 radical (unpaired) electrons. The third-order valence-electron chi connectivity index (χ3n) is 12.2. The summed E-state index contributed by atoms with van der Waals surface area (Å²) in [6.45, 7) is 0. The zero-order valence-electron chi connectivity index (χ0n) is 30.9. The number of hydrogen-bond donors (Lipinski definition) is 0.